The molecule has 0 amide bonds. The molecule has 9 heteroatoms. The Morgan fingerprint density at radius 2 is 1.88 bits per heavy atom. The molecule has 1 N–H and O–H groups in total. The number of nitro groups is 2. The first-order valence-corrected chi connectivity index (χ1v) is 8.01. The minimum Gasteiger partial charge on any atom is -0.272 e. The van der Waals surface area contributed by atoms with E-state index >= 15 is 0 Å². The van der Waals surface area contributed by atoms with Crippen molar-refractivity contribution in [2.75, 3.05) is 11.7 Å². The molecule has 0 unspecified atom stereocenters. The van der Waals surface area contributed by atoms with Crippen LogP contribution in [0.4, 0.5) is 17.1 Å². The molecule has 0 heterocycles. The molecule has 0 saturated heterocycles. The van der Waals surface area contributed by atoms with Gasteiger partial charge in [-0.15, -0.1) is 11.8 Å². The number of hydrazone groups is 1. The van der Waals surface area contributed by atoms with Crippen LogP contribution in [0.2, 0.25) is 0 Å². The number of hydrogen-bond acceptors (Lipinski definition) is 7. The van der Waals surface area contributed by atoms with E-state index in [2.05, 4.69) is 10.5 Å². The number of thioether (sulfide) groups is 1. The van der Waals surface area contributed by atoms with E-state index in [1.807, 2.05) is 31.4 Å². The van der Waals surface area contributed by atoms with E-state index < -0.39 is 15.5 Å². The maximum atomic E-state index is 11.1. The molecule has 2 aromatic rings. The van der Waals surface area contributed by atoms with Gasteiger partial charge in [0.2, 0.25) is 0 Å². The van der Waals surface area contributed by atoms with E-state index in [-0.39, 0.29) is 11.4 Å². The Bertz CT molecular complexity index is 823. The number of hydrogen-bond donors (Lipinski definition) is 1. The molecule has 0 aliphatic heterocycles. The van der Waals surface area contributed by atoms with E-state index in [4.69, 9.17) is 0 Å². The second-order valence-electron chi connectivity index (χ2n) is 4.81. The van der Waals surface area contributed by atoms with E-state index in [1.54, 1.807) is 18.0 Å². The largest absolute Gasteiger partial charge is 0.301 e. The number of nitrogens with one attached hydrogen (secondary N) is 1. The van der Waals surface area contributed by atoms with Crippen LogP contribution in [-0.4, -0.2) is 22.3 Å². The van der Waals surface area contributed by atoms with Crippen LogP contribution < -0.4 is 5.43 Å². The van der Waals surface area contributed by atoms with E-state index in [0.717, 1.165) is 22.1 Å². The molecule has 0 bridgehead atoms. The maximum Gasteiger partial charge on any atom is 0.301 e. The zero-order valence-electron chi connectivity index (χ0n) is 12.9. The summed E-state index contributed by atoms with van der Waals surface area (Å²) >= 11 is 1.60. The summed E-state index contributed by atoms with van der Waals surface area (Å²) in [6, 6.07) is 9.25. The first-order chi connectivity index (χ1) is 11.4. The zero-order valence-corrected chi connectivity index (χ0v) is 13.7. The first kappa shape index (κ1) is 17.4. The van der Waals surface area contributed by atoms with Crippen molar-refractivity contribution >= 4 is 35.0 Å². The molecule has 0 radical (unpaired) electrons. The first-order valence-electron chi connectivity index (χ1n) is 6.79. The van der Waals surface area contributed by atoms with Crippen LogP contribution in [0.3, 0.4) is 0 Å². The SMILES string of the molecule is CSc1ccc(C)c(C=NNc2ccc([N+](=O)[O-])cc2[N+](=O)[O-])c1. The van der Waals surface area contributed by atoms with Crippen molar-refractivity contribution in [1.82, 2.24) is 0 Å². The molecular formula is C15H14N4O4S. The van der Waals surface area contributed by atoms with E-state index in [0.29, 0.717) is 0 Å². The molecule has 0 fully saturated rings. The summed E-state index contributed by atoms with van der Waals surface area (Å²) in [5, 5.41) is 25.8. The van der Waals surface area contributed by atoms with Crippen LogP contribution >= 0.6 is 11.8 Å². The summed E-state index contributed by atoms with van der Waals surface area (Å²) in [5.41, 5.74) is 3.79. The van der Waals surface area contributed by atoms with Crippen molar-refractivity contribution in [1.29, 1.82) is 0 Å². The number of non-ortho nitro benzene ring substituents is 1. The highest BCUT2D eigenvalue weighted by atomic mass is 32.2. The van der Waals surface area contributed by atoms with Crippen LogP contribution in [0.15, 0.2) is 46.4 Å². The van der Waals surface area contributed by atoms with Gasteiger partial charge >= 0.3 is 5.69 Å². The van der Waals surface area contributed by atoms with Gasteiger partial charge in [-0.25, -0.2) is 0 Å². The number of rotatable bonds is 6. The molecule has 0 atom stereocenters. The van der Waals surface area contributed by atoms with Crippen molar-refractivity contribution in [2.45, 2.75) is 11.8 Å². The van der Waals surface area contributed by atoms with Crippen molar-refractivity contribution in [3.05, 3.63) is 67.8 Å². The van der Waals surface area contributed by atoms with Gasteiger partial charge in [0.25, 0.3) is 5.69 Å². The Morgan fingerprint density at radius 3 is 2.50 bits per heavy atom. The third kappa shape index (κ3) is 4.07. The molecule has 2 aromatic carbocycles. The summed E-state index contributed by atoms with van der Waals surface area (Å²) in [7, 11) is 0. The number of benzene rings is 2. The minimum absolute atomic E-state index is 0.0838. The molecule has 8 nitrogen and oxygen atoms in total. The lowest BCUT2D eigenvalue weighted by Crippen LogP contribution is -1.99. The van der Waals surface area contributed by atoms with Gasteiger partial charge in [-0.2, -0.15) is 5.10 Å². The van der Waals surface area contributed by atoms with Crippen molar-refractivity contribution in [3.8, 4) is 0 Å². The Kier molecular flexibility index (Phi) is 5.48. The Labute approximate surface area is 141 Å². The average molecular weight is 346 g/mol. The number of anilines is 1. The lowest BCUT2D eigenvalue weighted by Gasteiger charge is -2.04. The fraction of sp³-hybridized carbons (Fsp3) is 0.133. The van der Waals surface area contributed by atoms with Gasteiger partial charge < -0.3 is 0 Å². The molecule has 2 rings (SSSR count). The van der Waals surface area contributed by atoms with Gasteiger partial charge in [0, 0.05) is 11.0 Å². The summed E-state index contributed by atoms with van der Waals surface area (Å²) in [6.07, 6.45) is 3.52. The van der Waals surface area contributed by atoms with Gasteiger partial charge in [-0.1, -0.05) is 6.07 Å². The van der Waals surface area contributed by atoms with Gasteiger partial charge in [0.15, 0.2) is 0 Å². The average Bonchev–Trinajstić information content (AvgIpc) is 2.56. The smallest absolute Gasteiger partial charge is 0.272 e. The van der Waals surface area contributed by atoms with Crippen LogP contribution in [0, 0.1) is 27.2 Å². The fourth-order valence-corrected chi connectivity index (χ4v) is 2.38. The Balaban J connectivity index is 2.25. The second kappa shape index (κ2) is 7.55. The molecule has 0 aliphatic carbocycles. The van der Waals surface area contributed by atoms with Gasteiger partial charge in [0.05, 0.1) is 22.1 Å². The van der Waals surface area contributed by atoms with Gasteiger partial charge in [0.1, 0.15) is 5.69 Å². The number of aryl methyl sites for hydroxylation is 1. The molecule has 0 saturated carbocycles. The Hall–Kier alpha value is -2.94. The molecule has 0 aliphatic rings. The summed E-state index contributed by atoms with van der Waals surface area (Å²) in [4.78, 5) is 21.5. The Morgan fingerprint density at radius 1 is 1.12 bits per heavy atom. The minimum atomic E-state index is -0.690. The predicted octanol–water partition coefficient (Wildman–Crippen LogP) is 3.98. The van der Waals surface area contributed by atoms with E-state index in [9.17, 15) is 20.2 Å². The predicted molar refractivity (Wildman–Crippen MR) is 93.9 cm³/mol. The summed E-state index contributed by atoms with van der Waals surface area (Å²) < 4.78 is 0. The lowest BCUT2D eigenvalue weighted by molar-refractivity contribution is -0.393. The fourth-order valence-electron chi connectivity index (χ4n) is 1.94. The van der Waals surface area contributed by atoms with Crippen LogP contribution in [0.25, 0.3) is 0 Å². The third-order valence-electron chi connectivity index (χ3n) is 3.26. The number of nitro benzene ring substituents is 2. The number of nitrogens with zero attached hydrogens (tertiary/aromatic N) is 3. The van der Waals surface area contributed by atoms with Crippen molar-refractivity contribution in [3.63, 3.8) is 0 Å². The van der Waals surface area contributed by atoms with Crippen molar-refractivity contribution < 1.29 is 9.85 Å². The van der Waals surface area contributed by atoms with Crippen LogP contribution in [0.1, 0.15) is 11.1 Å². The molecule has 0 aromatic heterocycles. The molecule has 0 spiro atoms. The van der Waals surface area contributed by atoms with Gasteiger partial charge in [-0.3, -0.25) is 25.7 Å². The highest BCUT2D eigenvalue weighted by Gasteiger charge is 2.19. The maximum absolute atomic E-state index is 11.1. The summed E-state index contributed by atoms with van der Waals surface area (Å²) in [5.74, 6) is 0. The normalized spacial score (nSPS) is 10.8. The molecule has 124 valence electrons. The van der Waals surface area contributed by atoms with Gasteiger partial charge in [-0.05, 0) is 42.5 Å². The molecular weight excluding hydrogens is 332 g/mol. The monoisotopic (exact) mass is 346 g/mol. The van der Waals surface area contributed by atoms with Crippen LogP contribution in [0.5, 0.6) is 0 Å². The topological polar surface area (TPSA) is 111 Å². The highest BCUT2D eigenvalue weighted by Crippen LogP contribution is 2.28. The lowest BCUT2D eigenvalue weighted by atomic mass is 10.1. The van der Waals surface area contributed by atoms with Crippen molar-refractivity contribution in [2.24, 2.45) is 5.10 Å². The van der Waals surface area contributed by atoms with Crippen LogP contribution in [-0.2, 0) is 0 Å². The quantitative estimate of drug-likeness (QED) is 0.366. The van der Waals surface area contributed by atoms with E-state index in [1.165, 1.54) is 12.1 Å². The zero-order chi connectivity index (χ0) is 17.7. The second-order valence-corrected chi connectivity index (χ2v) is 5.69. The third-order valence-corrected chi connectivity index (χ3v) is 3.99. The molecule has 24 heavy (non-hydrogen) atoms. The highest BCUT2D eigenvalue weighted by molar-refractivity contribution is 7.98. The summed E-state index contributed by atoms with van der Waals surface area (Å²) in [6.45, 7) is 1.93. The standard InChI is InChI=1S/C15H14N4O4S/c1-10-3-5-13(24-2)7-11(10)9-16-17-14-6-4-12(18(20)21)8-15(14)19(22)23/h3-9,17H,1-2H3.